The summed E-state index contributed by atoms with van der Waals surface area (Å²) in [6.45, 7) is 0.785. The minimum atomic E-state index is -0.0122. The van der Waals surface area contributed by atoms with Crippen LogP contribution in [0, 0.1) is 0 Å². The molecule has 0 radical (unpaired) electrons. The van der Waals surface area contributed by atoms with Crippen LogP contribution >= 0.6 is 0 Å². The number of amides is 1. The van der Waals surface area contributed by atoms with Crippen LogP contribution in [0.25, 0.3) is 16.6 Å². The highest BCUT2D eigenvalue weighted by atomic mass is 16.1. The molecule has 0 atom stereocenters. The second-order valence-corrected chi connectivity index (χ2v) is 5.88. The van der Waals surface area contributed by atoms with Gasteiger partial charge in [-0.25, -0.2) is 4.98 Å². The molecule has 25 heavy (non-hydrogen) atoms. The number of fused-ring (bicyclic) bond motifs is 1. The molecule has 0 saturated carbocycles. The minimum Gasteiger partial charge on any atom is -0.350 e. The number of hydrogen-bond acceptors (Lipinski definition) is 2. The van der Waals surface area contributed by atoms with Crippen molar-refractivity contribution < 1.29 is 4.79 Å². The SMILES string of the molecule is O=C(Cn1ccc2ccccc21)NCc1ccccc1-n1ccnc1. The van der Waals surface area contributed by atoms with E-state index in [1.54, 1.807) is 12.5 Å². The molecule has 2 aromatic carbocycles. The zero-order chi connectivity index (χ0) is 17.1. The molecule has 4 aromatic rings. The largest absolute Gasteiger partial charge is 0.350 e. The van der Waals surface area contributed by atoms with Gasteiger partial charge >= 0.3 is 0 Å². The molecule has 0 spiro atoms. The fraction of sp³-hybridized carbons (Fsp3) is 0.100. The number of nitrogens with zero attached hydrogens (tertiary/aromatic N) is 3. The summed E-state index contributed by atoms with van der Waals surface area (Å²) in [5.41, 5.74) is 3.13. The van der Waals surface area contributed by atoms with E-state index in [-0.39, 0.29) is 5.91 Å². The predicted octanol–water partition coefficient (Wildman–Crippen LogP) is 3.14. The second kappa shape index (κ2) is 6.65. The Morgan fingerprint density at radius 1 is 1.00 bits per heavy atom. The summed E-state index contributed by atoms with van der Waals surface area (Å²) in [6, 6.07) is 18.1. The summed E-state index contributed by atoms with van der Waals surface area (Å²) in [4.78, 5) is 16.5. The number of carbonyl (C=O) groups is 1. The van der Waals surface area contributed by atoms with E-state index in [0.29, 0.717) is 13.1 Å². The van der Waals surface area contributed by atoms with Gasteiger partial charge in [-0.05, 0) is 29.1 Å². The van der Waals surface area contributed by atoms with Crippen molar-refractivity contribution in [1.29, 1.82) is 0 Å². The number of nitrogens with one attached hydrogen (secondary N) is 1. The number of benzene rings is 2. The summed E-state index contributed by atoms with van der Waals surface area (Å²) in [5, 5.41) is 4.15. The standard InChI is InChI=1S/C20H18N4O/c25-20(14-23-11-9-16-5-1-3-7-18(16)23)22-13-17-6-2-4-8-19(17)24-12-10-21-15-24/h1-12,15H,13-14H2,(H,22,25). The molecule has 1 amide bonds. The van der Waals surface area contributed by atoms with Gasteiger partial charge in [-0.1, -0.05) is 36.4 Å². The summed E-state index contributed by atoms with van der Waals surface area (Å²) in [5.74, 6) is -0.0122. The normalized spacial score (nSPS) is 10.9. The van der Waals surface area contributed by atoms with E-state index in [9.17, 15) is 4.79 Å². The van der Waals surface area contributed by atoms with E-state index in [4.69, 9.17) is 0 Å². The summed E-state index contributed by atoms with van der Waals surface area (Å²) in [6.07, 6.45) is 7.34. The minimum absolute atomic E-state index is 0.0122. The molecule has 5 nitrogen and oxygen atoms in total. The summed E-state index contributed by atoms with van der Waals surface area (Å²) < 4.78 is 3.91. The fourth-order valence-corrected chi connectivity index (χ4v) is 3.00. The topological polar surface area (TPSA) is 51.9 Å². The van der Waals surface area contributed by atoms with Gasteiger partial charge < -0.3 is 14.5 Å². The number of imidazole rings is 1. The predicted molar refractivity (Wildman–Crippen MR) is 97.3 cm³/mol. The van der Waals surface area contributed by atoms with Gasteiger partial charge in [0.2, 0.25) is 5.91 Å². The van der Waals surface area contributed by atoms with Crippen molar-refractivity contribution in [3.8, 4) is 5.69 Å². The van der Waals surface area contributed by atoms with Gasteiger partial charge in [-0.15, -0.1) is 0 Å². The molecule has 0 aliphatic carbocycles. The van der Waals surface area contributed by atoms with E-state index >= 15 is 0 Å². The van der Waals surface area contributed by atoms with Crippen molar-refractivity contribution in [3.63, 3.8) is 0 Å². The Balaban J connectivity index is 1.46. The van der Waals surface area contributed by atoms with Crippen LogP contribution in [0.4, 0.5) is 0 Å². The van der Waals surface area contributed by atoms with Crippen LogP contribution in [0.5, 0.6) is 0 Å². The highest BCUT2D eigenvalue weighted by Gasteiger charge is 2.08. The first kappa shape index (κ1) is 15.2. The molecule has 4 rings (SSSR count). The molecular formula is C20H18N4O. The molecular weight excluding hydrogens is 312 g/mol. The van der Waals surface area contributed by atoms with Crippen molar-refractivity contribution in [2.45, 2.75) is 13.1 Å². The Labute approximate surface area is 145 Å². The van der Waals surface area contributed by atoms with Crippen LogP contribution in [0.15, 0.2) is 79.5 Å². The van der Waals surface area contributed by atoms with Gasteiger partial charge in [0.25, 0.3) is 0 Å². The fourth-order valence-electron chi connectivity index (χ4n) is 3.00. The molecule has 0 aliphatic heterocycles. The molecule has 2 aromatic heterocycles. The van der Waals surface area contributed by atoms with Crippen LogP contribution in [0.1, 0.15) is 5.56 Å². The van der Waals surface area contributed by atoms with E-state index in [1.807, 2.05) is 76.1 Å². The number of para-hydroxylation sites is 2. The lowest BCUT2D eigenvalue weighted by molar-refractivity contribution is -0.121. The Kier molecular flexibility index (Phi) is 4.04. The van der Waals surface area contributed by atoms with Crippen LogP contribution in [0.3, 0.4) is 0 Å². The van der Waals surface area contributed by atoms with Crippen molar-refractivity contribution in [1.82, 2.24) is 19.4 Å². The average molecular weight is 330 g/mol. The molecule has 2 heterocycles. The first-order valence-corrected chi connectivity index (χ1v) is 8.18. The Morgan fingerprint density at radius 2 is 1.84 bits per heavy atom. The number of hydrogen-bond donors (Lipinski definition) is 1. The van der Waals surface area contributed by atoms with Gasteiger partial charge in [-0.2, -0.15) is 0 Å². The number of aromatic nitrogens is 3. The second-order valence-electron chi connectivity index (χ2n) is 5.88. The van der Waals surface area contributed by atoms with Gasteiger partial charge in [-0.3, -0.25) is 4.79 Å². The number of rotatable bonds is 5. The van der Waals surface area contributed by atoms with Crippen LogP contribution in [0.2, 0.25) is 0 Å². The maximum absolute atomic E-state index is 12.4. The van der Waals surface area contributed by atoms with Gasteiger partial charge in [0, 0.05) is 30.7 Å². The first-order valence-electron chi connectivity index (χ1n) is 8.18. The summed E-state index contributed by atoms with van der Waals surface area (Å²) in [7, 11) is 0. The van der Waals surface area contributed by atoms with E-state index in [0.717, 1.165) is 22.2 Å². The lowest BCUT2D eigenvalue weighted by Gasteiger charge is -2.12. The van der Waals surface area contributed by atoms with Crippen molar-refractivity contribution in [2.24, 2.45) is 0 Å². The molecule has 0 unspecified atom stereocenters. The van der Waals surface area contributed by atoms with E-state index in [2.05, 4.69) is 10.3 Å². The Bertz CT molecular complexity index is 1000. The molecule has 0 fully saturated rings. The maximum atomic E-state index is 12.4. The van der Waals surface area contributed by atoms with Crippen LogP contribution in [-0.2, 0) is 17.9 Å². The average Bonchev–Trinajstić information content (AvgIpc) is 3.31. The van der Waals surface area contributed by atoms with E-state index in [1.165, 1.54) is 0 Å². The third-order valence-electron chi connectivity index (χ3n) is 4.24. The van der Waals surface area contributed by atoms with Crippen LogP contribution < -0.4 is 5.32 Å². The van der Waals surface area contributed by atoms with Gasteiger partial charge in [0.15, 0.2) is 0 Å². The van der Waals surface area contributed by atoms with Crippen molar-refractivity contribution in [2.75, 3.05) is 0 Å². The smallest absolute Gasteiger partial charge is 0.240 e. The van der Waals surface area contributed by atoms with Crippen LogP contribution in [-0.4, -0.2) is 20.0 Å². The lowest BCUT2D eigenvalue weighted by atomic mass is 10.1. The van der Waals surface area contributed by atoms with Crippen molar-refractivity contribution in [3.05, 3.63) is 85.1 Å². The lowest BCUT2D eigenvalue weighted by Crippen LogP contribution is -2.27. The van der Waals surface area contributed by atoms with Crippen molar-refractivity contribution >= 4 is 16.8 Å². The van der Waals surface area contributed by atoms with Gasteiger partial charge in [0.1, 0.15) is 6.54 Å². The Morgan fingerprint density at radius 3 is 2.72 bits per heavy atom. The molecule has 0 aliphatic rings. The van der Waals surface area contributed by atoms with E-state index < -0.39 is 0 Å². The number of carbonyl (C=O) groups excluding carboxylic acids is 1. The zero-order valence-electron chi connectivity index (χ0n) is 13.7. The Hall–Kier alpha value is -3.34. The molecule has 0 saturated heterocycles. The van der Waals surface area contributed by atoms with Gasteiger partial charge in [0.05, 0.1) is 12.0 Å². The monoisotopic (exact) mass is 330 g/mol. The maximum Gasteiger partial charge on any atom is 0.240 e. The quantitative estimate of drug-likeness (QED) is 0.611. The molecule has 124 valence electrons. The zero-order valence-corrected chi connectivity index (χ0v) is 13.7. The molecule has 1 N–H and O–H groups in total. The first-order chi connectivity index (χ1) is 12.3. The third kappa shape index (κ3) is 3.17. The highest BCUT2D eigenvalue weighted by Crippen LogP contribution is 2.16. The molecule has 0 bridgehead atoms. The summed E-state index contributed by atoms with van der Waals surface area (Å²) >= 11 is 0. The third-order valence-corrected chi connectivity index (χ3v) is 4.24. The molecule has 5 heteroatoms. The highest BCUT2D eigenvalue weighted by molar-refractivity contribution is 5.83.